The van der Waals surface area contributed by atoms with Crippen LogP contribution in [0.5, 0.6) is 5.75 Å². The first-order chi connectivity index (χ1) is 10.5. The number of ether oxygens (including phenoxy) is 1. The lowest BCUT2D eigenvalue weighted by Gasteiger charge is -2.16. The summed E-state index contributed by atoms with van der Waals surface area (Å²) in [6, 6.07) is 6.31. The van der Waals surface area contributed by atoms with Crippen LogP contribution in [0.2, 0.25) is 0 Å². The number of aryl methyl sites for hydroxylation is 1. The molecule has 118 valence electrons. The molecule has 0 saturated heterocycles. The largest absolute Gasteiger partial charge is 0.486 e. The number of rotatable bonds is 7. The molecule has 2 rings (SSSR count). The molecule has 0 aliphatic heterocycles. The highest BCUT2D eigenvalue weighted by Gasteiger charge is 2.29. The molecule has 1 aromatic carbocycles. The first-order valence-electron chi connectivity index (χ1n) is 6.92. The van der Waals surface area contributed by atoms with Crippen LogP contribution in [0.4, 0.5) is 0 Å². The standard InChI is InChI=1S/C14H18N4O4/c1-3-10-4-6-11(7-5-10)22-8-12-15-16-17-18(12)13(9(2)19)14(20)21/h4-7,9,13,19H,3,8H2,1-2H3,(H,20,21). The van der Waals surface area contributed by atoms with Gasteiger partial charge in [0, 0.05) is 0 Å². The van der Waals surface area contributed by atoms with Gasteiger partial charge in [0.1, 0.15) is 12.4 Å². The monoisotopic (exact) mass is 306 g/mol. The van der Waals surface area contributed by atoms with E-state index in [2.05, 4.69) is 22.4 Å². The first-order valence-corrected chi connectivity index (χ1v) is 6.92. The van der Waals surface area contributed by atoms with Gasteiger partial charge in [-0.25, -0.2) is 9.48 Å². The fourth-order valence-electron chi connectivity index (χ4n) is 2.01. The number of aliphatic hydroxyl groups excluding tert-OH is 1. The maximum absolute atomic E-state index is 11.2. The number of aliphatic hydroxyl groups is 1. The van der Waals surface area contributed by atoms with Gasteiger partial charge in [-0.1, -0.05) is 19.1 Å². The number of aliphatic carboxylic acids is 1. The van der Waals surface area contributed by atoms with Crippen molar-refractivity contribution in [2.45, 2.75) is 39.0 Å². The van der Waals surface area contributed by atoms with Crippen LogP contribution in [0, 0.1) is 0 Å². The molecule has 22 heavy (non-hydrogen) atoms. The van der Waals surface area contributed by atoms with Gasteiger partial charge in [0.15, 0.2) is 11.9 Å². The lowest BCUT2D eigenvalue weighted by molar-refractivity contribution is -0.144. The summed E-state index contributed by atoms with van der Waals surface area (Å²) in [6.07, 6.45) is -0.198. The second-order valence-electron chi connectivity index (χ2n) is 4.85. The van der Waals surface area contributed by atoms with E-state index >= 15 is 0 Å². The van der Waals surface area contributed by atoms with Crippen LogP contribution in [-0.2, 0) is 17.8 Å². The molecule has 2 unspecified atom stereocenters. The van der Waals surface area contributed by atoms with Gasteiger partial charge < -0.3 is 14.9 Å². The fraction of sp³-hybridized carbons (Fsp3) is 0.429. The van der Waals surface area contributed by atoms with E-state index in [-0.39, 0.29) is 12.4 Å². The van der Waals surface area contributed by atoms with Gasteiger partial charge in [-0.05, 0) is 41.5 Å². The normalized spacial score (nSPS) is 13.6. The summed E-state index contributed by atoms with van der Waals surface area (Å²) in [4.78, 5) is 11.2. The Labute approximate surface area is 127 Å². The van der Waals surface area contributed by atoms with Crippen LogP contribution >= 0.6 is 0 Å². The maximum Gasteiger partial charge on any atom is 0.331 e. The molecule has 8 nitrogen and oxygen atoms in total. The van der Waals surface area contributed by atoms with Crippen LogP contribution < -0.4 is 4.74 Å². The molecular weight excluding hydrogens is 288 g/mol. The third-order valence-electron chi connectivity index (χ3n) is 3.23. The van der Waals surface area contributed by atoms with Gasteiger partial charge in [0.2, 0.25) is 0 Å². The number of carboxylic acids is 1. The summed E-state index contributed by atoms with van der Waals surface area (Å²) in [5.41, 5.74) is 1.19. The maximum atomic E-state index is 11.2. The summed E-state index contributed by atoms with van der Waals surface area (Å²) in [7, 11) is 0. The van der Waals surface area contributed by atoms with Crippen molar-refractivity contribution >= 4 is 5.97 Å². The number of nitrogens with zero attached hydrogens (tertiary/aromatic N) is 4. The predicted octanol–water partition coefficient (Wildman–Crippen LogP) is 0.821. The summed E-state index contributed by atoms with van der Waals surface area (Å²) in [5, 5.41) is 29.6. The number of aromatic nitrogens is 4. The smallest absolute Gasteiger partial charge is 0.331 e. The Balaban J connectivity index is 2.10. The molecule has 2 N–H and O–H groups in total. The van der Waals surface area contributed by atoms with E-state index in [9.17, 15) is 9.90 Å². The van der Waals surface area contributed by atoms with E-state index < -0.39 is 18.1 Å². The number of tetrazole rings is 1. The zero-order chi connectivity index (χ0) is 16.1. The third-order valence-corrected chi connectivity index (χ3v) is 3.23. The molecule has 8 heteroatoms. The van der Waals surface area contributed by atoms with Gasteiger partial charge in [-0.3, -0.25) is 0 Å². The molecule has 0 radical (unpaired) electrons. The minimum Gasteiger partial charge on any atom is -0.486 e. The lowest BCUT2D eigenvalue weighted by Crippen LogP contribution is -2.31. The van der Waals surface area contributed by atoms with E-state index in [0.717, 1.165) is 11.1 Å². The zero-order valence-electron chi connectivity index (χ0n) is 12.4. The Kier molecular flexibility index (Phi) is 5.05. The Hall–Kier alpha value is -2.48. The second kappa shape index (κ2) is 6.99. The molecule has 1 heterocycles. The highest BCUT2D eigenvalue weighted by atomic mass is 16.5. The topological polar surface area (TPSA) is 110 Å². The molecular formula is C14H18N4O4. The van der Waals surface area contributed by atoms with E-state index in [1.807, 2.05) is 24.3 Å². The van der Waals surface area contributed by atoms with Crippen LogP contribution in [0.25, 0.3) is 0 Å². The van der Waals surface area contributed by atoms with E-state index in [1.54, 1.807) is 0 Å². The van der Waals surface area contributed by atoms with Crippen LogP contribution in [-0.4, -0.2) is 42.5 Å². The van der Waals surface area contributed by atoms with Crippen molar-refractivity contribution in [3.63, 3.8) is 0 Å². The van der Waals surface area contributed by atoms with Gasteiger partial charge in [0.25, 0.3) is 0 Å². The van der Waals surface area contributed by atoms with Crippen molar-refractivity contribution in [2.75, 3.05) is 0 Å². The Morgan fingerprint density at radius 1 is 1.36 bits per heavy atom. The molecule has 0 aliphatic rings. The van der Waals surface area contributed by atoms with Crippen molar-refractivity contribution in [3.05, 3.63) is 35.7 Å². The van der Waals surface area contributed by atoms with Gasteiger partial charge in [0.05, 0.1) is 6.10 Å². The van der Waals surface area contributed by atoms with Crippen molar-refractivity contribution in [3.8, 4) is 5.75 Å². The minimum absolute atomic E-state index is 0.00890. The molecule has 0 bridgehead atoms. The highest BCUT2D eigenvalue weighted by Crippen LogP contribution is 2.16. The quantitative estimate of drug-likeness (QED) is 0.779. The summed E-state index contributed by atoms with van der Waals surface area (Å²) in [6.45, 7) is 3.44. The van der Waals surface area contributed by atoms with Crippen molar-refractivity contribution in [1.29, 1.82) is 0 Å². The number of hydrogen-bond donors (Lipinski definition) is 2. The number of carboxylic acid groups (broad SMARTS) is 1. The van der Waals surface area contributed by atoms with E-state index in [1.165, 1.54) is 12.5 Å². The summed E-state index contributed by atoms with van der Waals surface area (Å²) >= 11 is 0. The second-order valence-corrected chi connectivity index (χ2v) is 4.85. The van der Waals surface area contributed by atoms with Crippen LogP contribution in [0.1, 0.15) is 31.3 Å². The first kappa shape index (κ1) is 15.9. The van der Waals surface area contributed by atoms with Gasteiger partial charge >= 0.3 is 5.97 Å². The Morgan fingerprint density at radius 3 is 2.59 bits per heavy atom. The Bertz CT molecular complexity index is 624. The third kappa shape index (κ3) is 3.59. The van der Waals surface area contributed by atoms with E-state index in [4.69, 9.17) is 9.84 Å². The average molecular weight is 306 g/mol. The van der Waals surface area contributed by atoms with Crippen LogP contribution in [0.15, 0.2) is 24.3 Å². The molecule has 1 aromatic heterocycles. The molecule has 0 aliphatic carbocycles. The average Bonchev–Trinajstić information content (AvgIpc) is 2.93. The SMILES string of the molecule is CCc1ccc(OCc2nnnn2C(C(=O)O)C(C)O)cc1. The minimum atomic E-state index is -1.25. The molecule has 0 spiro atoms. The number of hydrogen-bond acceptors (Lipinski definition) is 6. The van der Waals surface area contributed by atoms with E-state index in [0.29, 0.717) is 5.75 Å². The molecule has 0 fully saturated rings. The highest BCUT2D eigenvalue weighted by molar-refractivity contribution is 5.72. The summed E-state index contributed by atoms with van der Waals surface area (Å²) in [5.74, 6) is -0.348. The zero-order valence-corrected chi connectivity index (χ0v) is 12.4. The molecule has 0 amide bonds. The van der Waals surface area contributed by atoms with Crippen molar-refractivity contribution in [1.82, 2.24) is 20.2 Å². The molecule has 2 atom stereocenters. The van der Waals surface area contributed by atoms with Crippen LogP contribution in [0.3, 0.4) is 0 Å². The molecule has 2 aromatic rings. The Morgan fingerprint density at radius 2 is 2.05 bits per heavy atom. The summed E-state index contributed by atoms with van der Waals surface area (Å²) < 4.78 is 6.63. The number of carbonyl (C=O) groups is 1. The van der Waals surface area contributed by atoms with Gasteiger partial charge in [-0.15, -0.1) is 5.10 Å². The van der Waals surface area contributed by atoms with Crippen molar-refractivity contribution < 1.29 is 19.7 Å². The van der Waals surface area contributed by atoms with Gasteiger partial charge in [-0.2, -0.15) is 0 Å². The molecule has 0 saturated carbocycles. The lowest BCUT2D eigenvalue weighted by atomic mass is 10.2. The number of benzene rings is 1. The fourth-order valence-corrected chi connectivity index (χ4v) is 2.01. The predicted molar refractivity (Wildman–Crippen MR) is 76.3 cm³/mol. The van der Waals surface area contributed by atoms with Crippen molar-refractivity contribution in [2.24, 2.45) is 0 Å².